The van der Waals surface area contributed by atoms with E-state index in [1.54, 1.807) is 4.90 Å². The molecule has 3 aliphatic rings. The van der Waals surface area contributed by atoms with Crippen molar-refractivity contribution in [1.29, 1.82) is 0 Å². The number of β-lactam (4-membered cyclic amide) rings is 1. The second-order valence-electron chi connectivity index (χ2n) is 9.71. The standard InChI is InChI=1S/C26H25N7O8S/c1-31-7-2-3-15(10-31)32-8-6-14(23(32)37)9-13-4-5-17-20(24(38)33(17)21(13)25(39)40)29-22(36)19(30-41-11-18(34)35)16-12-42-26(27)28-16/h2-3,7,9-10,12,17,20H,4-6,8,11H2,1H3,(H4-,27,28,29,34,35,36,39,40)/b14-9+,30-19-/t17-,20+/m1/s1. The summed E-state index contributed by atoms with van der Waals surface area (Å²) in [6.07, 6.45) is 6.07. The van der Waals surface area contributed by atoms with Gasteiger partial charge in [0.05, 0.1) is 17.7 Å². The van der Waals surface area contributed by atoms with E-state index in [2.05, 4.69) is 15.5 Å². The average Bonchev–Trinajstić information content (AvgIpc) is 3.54. The zero-order valence-electron chi connectivity index (χ0n) is 22.2. The largest absolute Gasteiger partial charge is 0.543 e. The quantitative estimate of drug-likeness (QED) is 0.0974. The summed E-state index contributed by atoms with van der Waals surface area (Å²) in [5.41, 5.74) is 6.31. The van der Waals surface area contributed by atoms with Crippen LogP contribution in [0.3, 0.4) is 0 Å². The molecular formula is C26H25N7O8S. The second kappa shape index (κ2) is 11.4. The van der Waals surface area contributed by atoms with E-state index in [1.807, 2.05) is 36.1 Å². The molecule has 0 aromatic carbocycles. The Balaban J connectivity index is 1.34. The molecular weight excluding hydrogens is 570 g/mol. The number of nitrogen functional groups attached to an aromatic ring is 1. The van der Waals surface area contributed by atoms with Gasteiger partial charge in [-0.3, -0.25) is 14.4 Å². The van der Waals surface area contributed by atoms with Crippen LogP contribution in [0.2, 0.25) is 0 Å². The molecule has 0 spiro atoms. The zero-order valence-corrected chi connectivity index (χ0v) is 23.0. The van der Waals surface area contributed by atoms with Gasteiger partial charge in [0, 0.05) is 23.6 Å². The number of hydrogen-bond donors (Lipinski definition) is 3. The van der Waals surface area contributed by atoms with E-state index in [0.717, 1.165) is 16.2 Å². The molecule has 15 nitrogen and oxygen atoms in total. The maximum absolute atomic E-state index is 13.1. The summed E-state index contributed by atoms with van der Waals surface area (Å²) in [4.78, 5) is 73.6. The molecule has 4 N–H and O–H groups in total. The third-order valence-electron chi connectivity index (χ3n) is 6.99. The number of nitrogens with one attached hydrogen (secondary N) is 1. The molecule has 2 fully saturated rings. The Kier molecular flexibility index (Phi) is 7.71. The highest BCUT2D eigenvalue weighted by Gasteiger charge is 2.52. The number of aromatic nitrogens is 2. The monoisotopic (exact) mass is 595 g/mol. The lowest BCUT2D eigenvalue weighted by molar-refractivity contribution is -0.670. The number of aryl methyl sites for hydroxylation is 1. The van der Waals surface area contributed by atoms with Crippen LogP contribution in [0.4, 0.5) is 10.8 Å². The number of nitrogens with zero attached hydrogens (tertiary/aromatic N) is 5. The van der Waals surface area contributed by atoms with Crippen LogP contribution in [-0.2, 0) is 35.9 Å². The first-order valence-corrected chi connectivity index (χ1v) is 13.6. The van der Waals surface area contributed by atoms with Crippen molar-refractivity contribution < 1.29 is 43.6 Å². The van der Waals surface area contributed by atoms with E-state index in [1.165, 1.54) is 11.5 Å². The SMILES string of the molecule is C[n+]1cccc(N2CC/C(=C\C3=C(C(=O)[O-])N4C(=O)[C@@H](NC(=O)/C(=N\OCC(=O)O)c5csc(N)n5)[C@H]4CC3)C2=O)c1. The van der Waals surface area contributed by atoms with Gasteiger partial charge in [-0.15, -0.1) is 11.3 Å². The highest BCUT2D eigenvalue weighted by atomic mass is 32.1. The highest BCUT2D eigenvalue weighted by molar-refractivity contribution is 7.13. The summed E-state index contributed by atoms with van der Waals surface area (Å²) in [7, 11) is 1.84. The van der Waals surface area contributed by atoms with Gasteiger partial charge < -0.3 is 40.7 Å². The molecule has 42 heavy (non-hydrogen) atoms. The molecule has 0 unspecified atom stereocenters. The van der Waals surface area contributed by atoms with E-state index >= 15 is 0 Å². The zero-order chi connectivity index (χ0) is 30.1. The fourth-order valence-corrected chi connectivity index (χ4v) is 5.67. The van der Waals surface area contributed by atoms with Gasteiger partial charge in [-0.1, -0.05) is 5.16 Å². The number of carbonyl (C=O) groups excluding carboxylic acids is 4. The van der Waals surface area contributed by atoms with E-state index in [9.17, 15) is 29.1 Å². The first kappa shape index (κ1) is 28.4. The molecule has 5 heterocycles. The van der Waals surface area contributed by atoms with Gasteiger partial charge in [-0.2, -0.15) is 0 Å². The van der Waals surface area contributed by atoms with Gasteiger partial charge in [-0.25, -0.2) is 14.3 Å². The van der Waals surface area contributed by atoms with Crippen LogP contribution in [-0.4, -0.2) is 75.6 Å². The number of pyridine rings is 1. The summed E-state index contributed by atoms with van der Waals surface area (Å²) < 4.78 is 1.82. The van der Waals surface area contributed by atoms with Gasteiger partial charge >= 0.3 is 5.97 Å². The Bertz CT molecular complexity index is 1600. The smallest absolute Gasteiger partial charge is 0.344 e. The van der Waals surface area contributed by atoms with Gasteiger partial charge in [0.2, 0.25) is 6.61 Å². The Morgan fingerprint density at radius 1 is 1.36 bits per heavy atom. The fourth-order valence-electron chi connectivity index (χ4n) is 5.12. The maximum atomic E-state index is 13.1. The summed E-state index contributed by atoms with van der Waals surface area (Å²) >= 11 is 1.01. The van der Waals surface area contributed by atoms with Crippen molar-refractivity contribution in [3.05, 3.63) is 58.5 Å². The topological polar surface area (TPSA) is 212 Å². The predicted molar refractivity (Wildman–Crippen MR) is 143 cm³/mol. The summed E-state index contributed by atoms with van der Waals surface area (Å²) in [5.74, 6) is -4.74. The number of fused-ring (bicyclic) bond motifs is 1. The minimum Gasteiger partial charge on any atom is -0.543 e. The lowest BCUT2D eigenvalue weighted by Crippen LogP contribution is -2.72. The maximum Gasteiger partial charge on any atom is 0.344 e. The van der Waals surface area contributed by atoms with Crippen LogP contribution in [0.25, 0.3) is 0 Å². The molecule has 2 aromatic heterocycles. The second-order valence-corrected chi connectivity index (χ2v) is 10.6. The number of aliphatic carboxylic acids is 2. The number of rotatable bonds is 9. The van der Waals surface area contributed by atoms with Crippen molar-refractivity contribution in [2.24, 2.45) is 12.2 Å². The number of anilines is 2. The normalized spacial score (nSPS) is 21.4. The minimum atomic E-state index is -1.58. The number of allylic oxidation sites excluding steroid dienone is 2. The first-order valence-electron chi connectivity index (χ1n) is 12.7. The highest BCUT2D eigenvalue weighted by Crippen LogP contribution is 2.38. The van der Waals surface area contributed by atoms with E-state index in [-0.39, 0.29) is 34.4 Å². The van der Waals surface area contributed by atoms with Gasteiger partial charge in [0.25, 0.3) is 17.7 Å². The Labute approximate surface area is 242 Å². The average molecular weight is 596 g/mol. The van der Waals surface area contributed by atoms with Crippen molar-refractivity contribution >= 4 is 57.5 Å². The van der Waals surface area contributed by atoms with Gasteiger partial charge in [0.15, 0.2) is 23.2 Å². The van der Waals surface area contributed by atoms with E-state index in [0.29, 0.717) is 30.6 Å². The van der Waals surface area contributed by atoms with Crippen molar-refractivity contribution in [2.45, 2.75) is 31.3 Å². The third-order valence-corrected chi connectivity index (χ3v) is 7.66. The van der Waals surface area contributed by atoms with Crippen molar-refractivity contribution in [2.75, 3.05) is 23.8 Å². The number of amides is 3. The van der Waals surface area contributed by atoms with Crippen LogP contribution < -0.4 is 25.6 Å². The number of nitrogens with two attached hydrogens (primary N) is 1. The van der Waals surface area contributed by atoms with Gasteiger partial charge in [0.1, 0.15) is 24.5 Å². The Morgan fingerprint density at radius 2 is 2.14 bits per heavy atom. The summed E-state index contributed by atoms with van der Waals surface area (Å²) in [6.45, 7) is -0.399. The van der Waals surface area contributed by atoms with Crippen LogP contribution in [0.1, 0.15) is 25.0 Å². The molecule has 16 heteroatoms. The molecule has 3 amide bonds. The number of carboxylic acid groups (broad SMARTS) is 2. The third kappa shape index (κ3) is 5.43. The van der Waals surface area contributed by atoms with Crippen LogP contribution >= 0.6 is 11.3 Å². The van der Waals surface area contributed by atoms with Crippen molar-refractivity contribution in [3.8, 4) is 0 Å². The summed E-state index contributed by atoms with van der Waals surface area (Å²) in [5, 5.41) is 28.6. The van der Waals surface area contributed by atoms with E-state index < -0.39 is 48.2 Å². The van der Waals surface area contributed by atoms with Crippen LogP contribution in [0, 0.1) is 0 Å². The van der Waals surface area contributed by atoms with Crippen molar-refractivity contribution in [3.63, 3.8) is 0 Å². The lowest BCUT2D eigenvalue weighted by Gasteiger charge is -2.51. The van der Waals surface area contributed by atoms with Crippen LogP contribution in [0.5, 0.6) is 0 Å². The van der Waals surface area contributed by atoms with E-state index in [4.69, 9.17) is 15.7 Å². The van der Waals surface area contributed by atoms with Crippen LogP contribution in [0.15, 0.2) is 58.0 Å². The molecule has 2 saturated heterocycles. The molecule has 0 aliphatic carbocycles. The molecule has 218 valence electrons. The molecule has 0 bridgehead atoms. The molecule has 0 radical (unpaired) electrons. The molecule has 2 aromatic rings. The number of hydrogen-bond acceptors (Lipinski definition) is 11. The van der Waals surface area contributed by atoms with Crippen molar-refractivity contribution in [1.82, 2.24) is 15.2 Å². The molecule has 0 saturated carbocycles. The molecule has 2 atom stereocenters. The Hall–Kier alpha value is -5.12. The Morgan fingerprint density at radius 3 is 2.81 bits per heavy atom. The number of carboxylic acids is 2. The fraction of sp³-hybridized carbons (Fsp3) is 0.308. The lowest BCUT2D eigenvalue weighted by atomic mass is 9.82. The van der Waals surface area contributed by atoms with Gasteiger partial charge in [-0.05, 0) is 37.0 Å². The summed E-state index contributed by atoms with van der Waals surface area (Å²) in [6, 6.07) is 1.84. The molecule has 5 rings (SSSR count). The molecule has 3 aliphatic heterocycles. The minimum absolute atomic E-state index is 0.0106. The number of oxime groups is 1. The first-order chi connectivity index (χ1) is 20.0. The number of carbonyl (C=O) groups is 5. The number of thiazole rings is 1. The predicted octanol–water partition coefficient (Wildman–Crippen LogP) is -1.79.